The van der Waals surface area contributed by atoms with E-state index in [-0.39, 0.29) is 12.4 Å². The van der Waals surface area contributed by atoms with Gasteiger partial charge in [-0.15, -0.1) is 0 Å². The van der Waals surface area contributed by atoms with Gasteiger partial charge in [-0.1, -0.05) is 0 Å². The summed E-state index contributed by atoms with van der Waals surface area (Å²) >= 11 is 0. The van der Waals surface area contributed by atoms with Crippen LogP contribution in [0.4, 0.5) is 14.5 Å². The molecule has 2 aromatic rings. The van der Waals surface area contributed by atoms with Crippen LogP contribution in [0.25, 0.3) is 10.9 Å². The number of aromatic nitrogens is 1. The van der Waals surface area contributed by atoms with E-state index in [2.05, 4.69) is 26.0 Å². The molecule has 2 heterocycles. The Labute approximate surface area is 156 Å². The molecule has 3 rings (SSSR count). The molecular formula is C19H22F2N4O2. The first kappa shape index (κ1) is 19.3. The largest absolute Gasteiger partial charge is 0.435 e. The molecule has 8 heteroatoms. The number of nitrogens with one attached hydrogen (secondary N) is 1. The summed E-state index contributed by atoms with van der Waals surface area (Å²) in [4.78, 5) is 6.45. The van der Waals surface area contributed by atoms with E-state index in [0.29, 0.717) is 41.2 Å². The molecule has 2 N–H and O–H groups in total. The maximum atomic E-state index is 12.5. The van der Waals surface area contributed by atoms with Crippen molar-refractivity contribution in [1.82, 2.24) is 9.88 Å². The average molecular weight is 376 g/mol. The number of hydrogen-bond donors (Lipinski definition) is 2. The maximum absolute atomic E-state index is 12.5. The molecular weight excluding hydrogens is 354 g/mol. The van der Waals surface area contributed by atoms with Gasteiger partial charge in [-0.3, -0.25) is 4.98 Å². The van der Waals surface area contributed by atoms with E-state index >= 15 is 0 Å². The molecule has 0 aliphatic carbocycles. The van der Waals surface area contributed by atoms with Crippen LogP contribution in [-0.4, -0.2) is 54.4 Å². The van der Waals surface area contributed by atoms with E-state index in [1.165, 1.54) is 18.3 Å². The van der Waals surface area contributed by atoms with Crippen molar-refractivity contribution in [3.63, 3.8) is 0 Å². The highest BCUT2D eigenvalue weighted by molar-refractivity contribution is 5.94. The molecule has 0 saturated carbocycles. The molecule has 6 nitrogen and oxygen atoms in total. The standard InChI is InChI=1S/C19H22F2N4O2/c20-19(21)27-15-1-2-17-16(9-15)18(14(10-22)12-23-17)24-11-13-3-5-25(6-4-13)7-8-26/h1-2,9,12-13,19,26H,3-8,11H2,(H,23,24). The third kappa shape index (κ3) is 4.81. The monoisotopic (exact) mass is 376 g/mol. The molecule has 1 fully saturated rings. The summed E-state index contributed by atoms with van der Waals surface area (Å²) in [6.45, 7) is 0.500. The first-order valence-corrected chi connectivity index (χ1v) is 8.95. The quantitative estimate of drug-likeness (QED) is 0.773. The average Bonchev–Trinajstić information content (AvgIpc) is 2.67. The molecule has 1 aromatic carbocycles. The van der Waals surface area contributed by atoms with Gasteiger partial charge < -0.3 is 20.1 Å². The fraction of sp³-hybridized carbons (Fsp3) is 0.474. The zero-order valence-corrected chi connectivity index (χ0v) is 14.9. The molecule has 0 bridgehead atoms. The molecule has 0 radical (unpaired) electrons. The summed E-state index contributed by atoms with van der Waals surface area (Å²) in [5.74, 6) is 0.477. The summed E-state index contributed by atoms with van der Waals surface area (Å²) in [7, 11) is 0. The molecule has 1 aromatic heterocycles. The van der Waals surface area contributed by atoms with Crippen LogP contribution < -0.4 is 10.1 Å². The number of ether oxygens (including phenoxy) is 1. The summed E-state index contributed by atoms with van der Waals surface area (Å²) < 4.78 is 29.5. The second kappa shape index (κ2) is 8.93. The number of anilines is 1. The SMILES string of the molecule is N#Cc1cnc2ccc(OC(F)F)cc2c1NCC1CCN(CCO)CC1. The second-order valence-electron chi connectivity index (χ2n) is 6.61. The van der Waals surface area contributed by atoms with Gasteiger partial charge in [0, 0.05) is 24.7 Å². The van der Waals surface area contributed by atoms with E-state index in [4.69, 9.17) is 5.11 Å². The van der Waals surface area contributed by atoms with Gasteiger partial charge >= 0.3 is 6.61 Å². The number of rotatable bonds is 7. The predicted octanol–water partition coefficient (Wildman–Crippen LogP) is 2.82. The lowest BCUT2D eigenvalue weighted by atomic mass is 9.96. The number of nitrogens with zero attached hydrogens (tertiary/aromatic N) is 3. The second-order valence-corrected chi connectivity index (χ2v) is 6.61. The fourth-order valence-electron chi connectivity index (χ4n) is 3.43. The van der Waals surface area contributed by atoms with Crippen molar-refractivity contribution >= 4 is 16.6 Å². The zero-order valence-electron chi connectivity index (χ0n) is 14.9. The molecule has 0 spiro atoms. The van der Waals surface area contributed by atoms with E-state index in [0.717, 1.165) is 25.9 Å². The third-order valence-corrected chi connectivity index (χ3v) is 4.88. The Morgan fingerprint density at radius 2 is 2.15 bits per heavy atom. The number of pyridine rings is 1. The Hall–Kier alpha value is -2.50. The third-order valence-electron chi connectivity index (χ3n) is 4.88. The Balaban J connectivity index is 1.77. The lowest BCUT2D eigenvalue weighted by Crippen LogP contribution is -2.37. The number of benzene rings is 1. The minimum Gasteiger partial charge on any atom is -0.435 e. The Kier molecular flexibility index (Phi) is 6.37. The van der Waals surface area contributed by atoms with Crippen LogP contribution in [0.1, 0.15) is 18.4 Å². The van der Waals surface area contributed by atoms with Crippen molar-refractivity contribution < 1.29 is 18.6 Å². The number of aliphatic hydroxyl groups excluding tert-OH is 1. The minimum atomic E-state index is -2.91. The number of piperidine rings is 1. The molecule has 1 saturated heterocycles. The number of hydrogen-bond acceptors (Lipinski definition) is 6. The number of alkyl halides is 2. The lowest BCUT2D eigenvalue weighted by molar-refractivity contribution is -0.0497. The molecule has 144 valence electrons. The van der Waals surface area contributed by atoms with E-state index in [1.807, 2.05) is 0 Å². The van der Waals surface area contributed by atoms with Crippen LogP contribution in [0.15, 0.2) is 24.4 Å². The summed E-state index contributed by atoms with van der Waals surface area (Å²) in [6.07, 6.45) is 3.48. The van der Waals surface area contributed by atoms with Crippen molar-refractivity contribution in [1.29, 1.82) is 5.26 Å². The number of aliphatic hydroxyl groups is 1. The highest BCUT2D eigenvalue weighted by Gasteiger charge is 2.19. The van der Waals surface area contributed by atoms with Crippen molar-refractivity contribution in [2.75, 3.05) is 38.1 Å². The number of likely N-dealkylation sites (tertiary alicyclic amines) is 1. The van der Waals surface area contributed by atoms with Crippen LogP contribution in [0.3, 0.4) is 0 Å². The topological polar surface area (TPSA) is 81.4 Å². The fourth-order valence-corrected chi connectivity index (χ4v) is 3.43. The van der Waals surface area contributed by atoms with Crippen LogP contribution in [0, 0.1) is 17.2 Å². The zero-order chi connectivity index (χ0) is 19.2. The molecule has 0 atom stereocenters. The van der Waals surface area contributed by atoms with Crippen molar-refractivity contribution in [3.8, 4) is 11.8 Å². The first-order valence-electron chi connectivity index (χ1n) is 8.95. The lowest BCUT2D eigenvalue weighted by Gasteiger charge is -2.31. The van der Waals surface area contributed by atoms with Crippen molar-refractivity contribution in [3.05, 3.63) is 30.0 Å². The number of nitriles is 1. The Bertz CT molecular complexity index is 817. The molecule has 1 aliphatic heterocycles. The van der Waals surface area contributed by atoms with Crippen LogP contribution >= 0.6 is 0 Å². The van der Waals surface area contributed by atoms with Crippen molar-refractivity contribution in [2.24, 2.45) is 5.92 Å². The molecule has 0 amide bonds. The van der Waals surface area contributed by atoms with Crippen molar-refractivity contribution in [2.45, 2.75) is 19.5 Å². The normalized spacial score (nSPS) is 15.8. The molecule has 1 aliphatic rings. The summed E-state index contributed by atoms with van der Waals surface area (Å²) in [5.41, 5.74) is 1.57. The molecule has 27 heavy (non-hydrogen) atoms. The van der Waals surface area contributed by atoms with E-state index in [1.54, 1.807) is 6.07 Å². The summed E-state index contributed by atoms with van der Waals surface area (Å²) in [6, 6.07) is 6.64. The molecule has 0 unspecified atom stereocenters. The smallest absolute Gasteiger partial charge is 0.387 e. The van der Waals surface area contributed by atoms with Crippen LogP contribution in [0.5, 0.6) is 5.75 Å². The first-order chi connectivity index (χ1) is 13.1. The maximum Gasteiger partial charge on any atom is 0.387 e. The number of fused-ring (bicyclic) bond motifs is 1. The van der Waals surface area contributed by atoms with Gasteiger partial charge in [0.15, 0.2) is 0 Å². The van der Waals surface area contributed by atoms with Gasteiger partial charge in [0.2, 0.25) is 0 Å². The van der Waals surface area contributed by atoms with Gasteiger partial charge in [-0.2, -0.15) is 14.0 Å². The highest BCUT2D eigenvalue weighted by atomic mass is 19.3. The van der Waals surface area contributed by atoms with Crippen LogP contribution in [0.2, 0.25) is 0 Å². The van der Waals surface area contributed by atoms with E-state index in [9.17, 15) is 14.0 Å². The van der Waals surface area contributed by atoms with Gasteiger partial charge in [0.05, 0.1) is 23.4 Å². The highest BCUT2D eigenvalue weighted by Crippen LogP contribution is 2.30. The minimum absolute atomic E-state index is 0.0368. The summed E-state index contributed by atoms with van der Waals surface area (Å²) in [5, 5.41) is 22.4. The Morgan fingerprint density at radius 1 is 1.37 bits per heavy atom. The van der Waals surface area contributed by atoms with Gasteiger partial charge in [0.25, 0.3) is 0 Å². The van der Waals surface area contributed by atoms with Gasteiger partial charge in [0.1, 0.15) is 11.8 Å². The Morgan fingerprint density at radius 3 is 2.81 bits per heavy atom. The predicted molar refractivity (Wildman–Crippen MR) is 97.8 cm³/mol. The number of β-amino-alcohol motifs (C(OH)–C–C–N with tert-alkyl or cyclic N) is 1. The number of halogens is 2. The van der Waals surface area contributed by atoms with Gasteiger partial charge in [-0.05, 0) is 50.0 Å². The van der Waals surface area contributed by atoms with Gasteiger partial charge in [-0.25, -0.2) is 0 Å². The van der Waals surface area contributed by atoms with E-state index < -0.39 is 6.61 Å². The van der Waals surface area contributed by atoms with Crippen LogP contribution in [-0.2, 0) is 0 Å².